The first-order chi connectivity index (χ1) is 9.13. The molecule has 1 aliphatic heterocycles. The minimum absolute atomic E-state index is 0.349. The Morgan fingerprint density at radius 1 is 1.16 bits per heavy atom. The van der Waals surface area contributed by atoms with Gasteiger partial charge in [0.05, 0.1) is 12.7 Å². The molecule has 1 saturated heterocycles. The molecule has 19 heavy (non-hydrogen) atoms. The molecule has 5 heteroatoms. The summed E-state index contributed by atoms with van der Waals surface area (Å²) in [5.74, 6) is 0. The lowest BCUT2D eigenvalue weighted by Crippen LogP contribution is -2.58. The second-order valence-electron chi connectivity index (χ2n) is 4.68. The Hall–Kier alpha value is -0.980. The van der Waals surface area contributed by atoms with Gasteiger partial charge in [-0.3, -0.25) is 0 Å². The normalized spacial score (nSPS) is 35.3. The van der Waals surface area contributed by atoms with Crippen LogP contribution >= 0.6 is 0 Å². The molecule has 5 nitrogen and oxygen atoms in total. The molecule has 0 amide bonds. The standard InChI is InChI=1S/C14H20O5/c1-9-11(15)12(13(17-2)14(16)19-9)18-8-10-6-4-3-5-7-10/h3-7,9,11-16H,8H2,1-2H3/t9-,11+,12+,13-,14+/m1/s1. The predicted octanol–water partition coefficient (Wildman–Crippen LogP) is 0.685. The third-order valence-electron chi connectivity index (χ3n) is 3.33. The number of aliphatic hydroxyl groups is 2. The Morgan fingerprint density at radius 3 is 2.47 bits per heavy atom. The summed E-state index contributed by atoms with van der Waals surface area (Å²) in [4.78, 5) is 0. The summed E-state index contributed by atoms with van der Waals surface area (Å²) in [6.45, 7) is 2.04. The molecule has 0 unspecified atom stereocenters. The molecule has 1 aliphatic rings. The maximum absolute atomic E-state index is 10.1. The van der Waals surface area contributed by atoms with Crippen LogP contribution in [0.3, 0.4) is 0 Å². The van der Waals surface area contributed by atoms with Crippen molar-refractivity contribution in [1.82, 2.24) is 0 Å². The zero-order valence-electron chi connectivity index (χ0n) is 11.1. The van der Waals surface area contributed by atoms with Crippen LogP contribution in [0.1, 0.15) is 12.5 Å². The fourth-order valence-corrected chi connectivity index (χ4v) is 2.21. The molecule has 0 aliphatic carbocycles. The second kappa shape index (κ2) is 6.45. The average molecular weight is 268 g/mol. The Morgan fingerprint density at radius 2 is 1.84 bits per heavy atom. The van der Waals surface area contributed by atoms with E-state index in [-0.39, 0.29) is 0 Å². The van der Waals surface area contributed by atoms with Crippen LogP contribution in [0, 0.1) is 0 Å². The zero-order chi connectivity index (χ0) is 13.8. The molecule has 2 N–H and O–H groups in total. The van der Waals surface area contributed by atoms with E-state index < -0.39 is 30.7 Å². The molecule has 0 aromatic heterocycles. The Balaban J connectivity index is 2.02. The van der Waals surface area contributed by atoms with Gasteiger partial charge in [-0.2, -0.15) is 0 Å². The number of ether oxygens (including phenoxy) is 3. The molecule has 0 radical (unpaired) electrons. The van der Waals surface area contributed by atoms with Crippen LogP contribution in [0.2, 0.25) is 0 Å². The highest BCUT2D eigenvalue weighted by molar-refractivity contribution is 5.13. The van der Waals surface area contributed by atoms with E-state index in [4.69, 9.17) is 14.2 Å². The predicted molar refractivity (Wildman–Crippen MR) is 68.4 cm³/mol. The number of hydrogen-bond donors (Lipinski definition) is 2. The second-order valence-corrected chi connectivity index (χ2v) is 4.68. The van der Waals surface area contributed by atoms with Gasteiger partial charge in [0.25, 0.3) is 0 Å². The van der Waals surface area contributed by atoms with E-state index in [0.29, 0.717) is 6.61 Å². The topological polar surface area (TPSA) is 68.2 Å². The highest BCUT2D eigenvalue weighted by Gasteiger charge is 2.44. The highest BCUT2D eigenvalue weighted by atomic mass is 16.7. The van der Waals surface area contributed by atoms with E-state index in [1.54, 1.807) is 6.92 Å². The molecule has 106 valence electrons. The summed E-state index contributed by atoms with van der Waals surface area (Å²) in [6.07, 6.45) is -3.75. The highest BCUT2D eigenvalue weighted by Crippen LogP contribution is 2.24. The number of aliphatic hydroxyl groups excluding tert-OH is 2. The van der Waals surface area contributed by atoms with Crippen LogP contribution in [0.5, 0.6) is 0 Å². The molecule has 0 bridgehead atoms. The summed E-state index contributed by atoms with van der Waals surface area (Å²) in [7, 11) is 1.46. The summed E-state index contributed by atoms with van der Waals surface area (Å²) in [5.41, 5.74) is 0.998. The Kier molecular flexibility index (Phi) is 4.90. The van der Waals surface area contributed by atoms with E-state index in [1.165, 1.54) is 7.11 Å². The third kappa shape index (κ3) is 3.32. The van der Waals surface area contributed by atoms with Gasteiger partial charge < -0.3 is 24.4 Å². The van der Waals surface area contributed by atoms with Gasteiger partial charge in [-0.15, -0.1) is 0 Å². The zero-order valence-corrected chi connectivity index (χ0v) is 11.1. The molecule has 0 spiro atoms. The Labute approximate surface area is 112 Å². The van der Waals surface area contributed by atoms with Crippen LogP contribution in [0.25, 0.3) is 0 Å². The minimum atomic E-state index is -1.09. The molecule has 2 rings (SSSR count). The Bertz CT molecular complexity index is 383. The first kappa shape index (κ1) is 14.4. The van der Waals surface area contributed by atoms with E-state index >= 15 is 0 Å². The fourth-order valence-electron chi connectivity index (χ4n) is 2.21. The molecule has 0 saturated carbocycles. The molecule has 1 heterocycles. The molecule has 5 atom stereocenters. The van der Waals surface area contributed by atoms with Crippen molar-refractivity contribution in [2.45, 2.75) is 44.2 Å². The van der Waals surface area contributed by atoms with Crippen LogP contribution < -0.4 is 0 Å². The van der Waals surface area contributed by atoms with Crippen LogP contribution in [0.15, 0.2) is 30.3 Å². The van der Waals surface area contributed by atoms with E-state index in [2.05, 4.69) is 0 Å². The van der Waals surface area contributed by atoms with Crippen molar-refractivity contribution in [1.29, 1.82) is 0 Å². The van der Waals surface area contributed by atoms with Crippen molar-refractivity contribution < 1.29 is 24.4 Å². The summed E-state index contributed by atoms with van der Waals surface area (Å²) >= 11 is 0. The van der Waals surface area contributed by atoms with Crippen molar-refractivity contribution in [2.24, 2.45) is 0 Å². The maximum Gasteiger partial charge on any atom is 0.184 e. The number of hydrogen-bond acceptors (Lipinski definition) is 5. The summed E-state index contributed by atoms with van der Waals surface area (Å²) in [6, 6.07) is 9.64. The lowest BCUT2D eigenvalue weighted by molar-refractivity contribution is -0.293. The molecular weight excluding hydrogens is 248 g/mol. The molecule has 1 aromatic carbocycles. The fraction of sp³-hybridized carbons (Fsp3) is 0.571. The SMILES string of the molecule is CO[C@@H]1[C@@H](OCc2ccccc2)[C@@H](O)[C@@H](C)O[C@@H]1O. The average Bonchev–Trinajstić information content (AvgIpc) is 2.42. The van der Waals surface area contributed by atoms with Gasteiger partial charge in [0, 0.05) is 7.11 Å². The number of rotatable bonds is 4. The van der Waals surface area contributed by atoms with Gasteiger partial charge in [-0.25, -0.2) is 0 Å². The number of methoxy groups -OCH3 is 1. The molecule has 1 aromatic rings. The van der Waals surface area contributed by atoms with Crippen molar-refractivity contribution in [3.05, 3.63) is 35.9 Å². The van der Waals surface area contributed by atoms with Gasteiger partial charge >= 0.3 is 0 Å². The van der Waals surface area contributed by atoms with Crippen molar-refractivity contribution in [3.63, 3.8) is 0 Å². The summed E-state index contributed by atoms with van der Waals surface area (Å²) < 4.78 is 16.1. The van der Waals surface area contributed by atoms with Gasteiger partial charge in [-0.05, 0) is 12.5 Å². The monoisotopic (exact) mass is 268 g/mol. The van der Waals surface area contributed by atoms with Crippen LogP contribution in [0.4, 0.5) is 0 Å². The molecular formula is C14H20O5. The maximum atomic E-state index is 10.1. The first-order valence-electron chi connectivity index (χ1n) is 6.33. The van der Waals surface area contributed by atoms with Gasteiger partial charge in [0.2, 0.25) is 0 Å². The first-order valence-corrected chi connectivity index (χ1v) is 6.33. The van der Waals surface area contributed by atoms with E-state index in [9.17, 15) is 10.2 Å². The van der Waals surface area contributed by atoms with E-state index in [0.717, 1.165) is 5.56 Å². The smallest absolute Gasteiger partial charge is 0.184 e. The lowest BCUT2D eigenvalue weighted by atomic mass is 9.99. The quantitative estimate of drug-likeness (QED) is 0.840. The summed E-state index contributed by atoms with van der Waals surface area (Å²) in [5, 5.41) is 19.9. The molecule has 1 fully saturated rings. The number of benzene rings is 1. The van der Waals surface area contributed by atoms with Gasteiger partial charge in [0.15, 0.2) is 6.29 Å². The minimum Gasteiger partial charge on any atom is -0.388 e. The van der Waals surface area contributed by atoms with Crippen molar-refractivity contribution in [3.8, 4) is 0 Å². The largest absolute Gasteiger partial charge is 0.388 e. The van der Waals surface area contributed by atoms with E-state index in [1.807, 2.05) is 30.3 Å². The third-order valence-corrected chi connectivity index (χ3v) is 3.33. The van der Waals surface area contributed by atoms with Crippen molar-refractivity contribution >= 4 is 0 Å². The van der Waals surface area contributed by atoms with Crippen LogP contribution in [-0.2, 0) is 20.8 Å². The van der Waals surface area contributed by atoms with Gasteiger partial charge in [-0.1, -0.05) is 30.3 Å². The van der Waals surface area contributed by atoms with Crippen LogP contribution in [-0.4, -0.2) is 48.0 Å². The lowest BCUT2D eigenvalue weighted by Gasteiger charge is -2.40. The van der Waals surface area contributed by atoms with Crippen molar-refractivity contribution in [2.75, 3.05) is 7.11 Å². The van der Waals surface area contributed by atoms with Gasteiger partial charge in [0.1, 0.15) is 18.3 Å².